The lowest BCUT2D eigenvalue weighted by atomic mass is 10.1. The molecule has 0 aliphatic rings. The SMILES string of the molecule is COC(C)CNc1ccc(C(F)(F)F)cc1N. The van der Waals surface area contributed by atoms with Gasteiger partial charge in [-0.25, -0.2) is 0 Å². The molecule has 1 rings (SSSR count). The first-order valence-electron chi connectivity index (χ1n) is 5.08. The molecule has 0 saturated carbocycles. The van der Waals surface area contributed by atoms with Crippen LogP contribution in [0.5, 0.6) is 0 Å². The second kappa shape index (κ2) is 5.27. The van der Waals surface area contributed by atoms with E-state index >= 15 is 0 Å². The highest BCUT2D eigenvalue weighted by Gasteiger charge is 2.30. The normalized spacial score (nSPS) is 13.5. The zero-order valence-electron chi connectivity index (χ0n) is 9.64. The van der Waals surface area contributed by atoms with Crippen LogP contribution in [0.1, 0.15) is 12.5 Å². The number of hydrogen-bond acceptors (Lipinski definition) is 3. The zero-order chi connectivity index (χ0) is 13.1. The fourth-order valence-corrected chi connectivity index (χ4v) is 1.24. The van der Waals surface area contributed by atoms with Gasteiger partial charge in [0.05, 0.1) is 23.0 Å². The van der Waals surface area contributed by atoms with Crippen molar-refractivity contribution in [3.63, 3.8) is 0 Å². The Morgan fingerprint density at radius 3 is 2.53 bits per heavy atom. The molecule has 1 aromatic carbocycles. The van der Waals surface area contributed by atoms with Crippen LogP contribution in [0.4, 0.5) is 24.5 Å². The van der Waals surface area contributed by atoms with Crippen LogP contribution < -0.4 is 11.1 Å². The number of benzene rings is 1. The zero-order valence-corrected chi connectivity index (χ0v) is 9.64. The maximum atomic E-state index is 12.4. The Morgan fingerprint density at radius 2 is 2.06 bits per heavy atom. The molecule has 0 aromatic heterocycles. The number of nitrogens with one attached hydrogen (secondary N) is 1. The van der Waals surface area contributed by atoms with E-state index < -0.39 is 11.7 Å². The fourth-order valence-electron chi connectivity index (χ4n) is 1.24. The van der Waals surface area contributed by atoms with Crippen molar-refractivity contribution in [3.05, 3.63) is 23.8 Å². The molecule has 1 atom stereocenters. The topological polar surface area (TPSA) is 47.3 Å². The summed E-state index contributed by atoms with van der Waals surface area (Å²) in [5.41, 5.74) is 5.34. The van der Waals surface area contributed by atoms with Crippen molar-refractivity contribution in [2.45, 2.75) is 19.2 Å². The number of methoxy groups -OCH3 is 1. The second-order valence-electron chi connectivity index (χ2n) is 3.73. The van der Waals surface area contributed by atoms with Crippen molar-refractivity contribution in [2.75, 3.05) is 24.7 Å². The third-order valence-electron chi connectivity index (χ3n) is 2.36. The van der Waals surface area contributed by atoms with E-state index in [-0.39, 0.29) is 11.8 Å². The van der Waals surface area contributed by atoms with Gasteiger partial charge in [0.25, 0.3) is 0 Å². The monoisotopic (exact) mass is 248 g/mol. The summed E-state index contributed by atoms with van der Waals surface area (Å²) in [6.07, 6.45) is -4.41. The minimum atomic E-state index is -4.37. The third kappa shape index (κ3) is 3.81. The number of nitrogen functional groups attached to an aromatic ring is 1. The standard InChI is InChI=1S/C11H15F3N2O/c1-7(17-2)6-16-10-4-3-8(5-9(10)15)11(12,13)14/h3-5,7,16H,6,15H2,1-2H3. The van der Waals surface area contributed by atoms with E-state index in [0.717, 1.165) is 12.1 Å². The number of nitrogens with two attached hydrogens (primary N) is 1. The predicted octanol–water partition coefficient (Wildman–Crippen LogP) is 2.73. The van der Waals surface area contributed by atoms with E-state index in [1.165, 1.54) is 6.07 Å². The molecule has 3 N–H and O–H groups in total. The van der Waals surface area contributed by atoms with Crippen molar-refractivity contribution in [1.29, 1.82) is 0 Å². The first kappa shape index (κ1) is 13.6. The molecule has 17 heavy (non-hydrogen) atoms. The molecular formula is C11H15F3N2O. The summed E-state index contributed by atoms with van der Waals surface area (Å²) < 4.78 is 42.1. The van der Waals surface area contributed by atoms with Crippen LogP contribution in [-0.4, -0.2) is 19.8 Å². The van der Waals surface area contributed by atoms with Crippen LogP contribution >= 0.6 is 0 Å². The van der Waals surface area contributed by atoms with Gasteiger partial charge in [-0.05, 0) is 25.1 Å². The van der Waals surface area contributed by atoms with Gasteiger partial charge in [-0.2, -0.15) is 13.2 Å². The smallest absolute Gasteiger partial charge is 0.397 e. The summed E-state index contributed by atoms with van der Waals surface area (Å²) >= 11 is 0. The van der Waals surface area contributed by atoms with Crippen LogP contribution in [0.25, 0.3) is 0 Å². The van der Waals surface area contributed by atoms with Crippen molar-refractivity contribution < 1.29 is 17.9 Å². The number of anilines is 2. The van der Waals surface area contributed by atoms with Gasteiger partial charge < -0.3 is 15.8 Å². The predicted molar refractivity (Wildman–Crippen MR) is 60.8 cm³/mol. The highest BCUT2D eigenvalue weighted by Crippen LogP contribution is 2.32. The Labute approximate surface area is 97.8 Å². The van der Waals surface area contributed by atoms with Crippen LogP contribution in [0.15, 0.2) is 18.2 Å². The molecule has 0 heterocycles. The van der Waals surface area contributed by atoms with E-state index in [9.17, 15) is 13.2 Å². The lowest BCUT2D eigenvalue weighted by Crippen LogP contribution is -2.19. The summed E-state index contributed by atoms with van der Waals surface area (Å²) in [5.74, 6) is 0. The van der Waals surface area contributed by atoms with E-state index in [1.807, 2.05) is 6.92 Å². The van der Waals surface area contributed by atoms with Crippen LogP contribution in [0.2, 0.25) is 0 Å². The lowest BCUT2D eigenvalue weighted by molar-refractivity contribution is -0.137. The summed E-state index contributed by atoms with van der Waals surface area (Å²) in [7, 11) is 1.56. The van der Waals surface area contributed by atoms with Gasteiger partial charge in [-0.1, -0.05) is 0 Å². The van der Waals surface area contributed by atoms with Gasteiger partial charge >= 0.3 is 6.18 Å². The van der Waals surface area contributed by atoms with Crippen molar-refractivity contribution in [3.8, 4) is 0 Å². The Bertz CT molecular complexity index is 379. The number of alkyl halides is 3. The average Bonchev–Trinajstić information content (AvgIpc) is 2.25. The molecule has 0 aliphatic heterocycles. The van der Waals surface area contributed by atoms with Crippen LogP contribution in [0, 0.1) is 0 Å². The molecule has 3 nitrogen and oxygen atoms in total. The second-order valence-corrected chi connectivity index (χ2v) is 3.73. The van der Waals surface area contributed by atoms with E-state index in [0.29, 0.717) is 12.2 Å². The molecule has 0 radical (unpaired) electrons. The summed E-state index contributed by atoms with van der Waals surface area (Å²) in [4.78, 5) is 0. The minimum Gasteiger partial charge on any atom is -0.397 e. The Morgan fingerprint density at radius 1 is 1.41 bits per heavy atom. The first-order chi connectivity index (χ1) is 7.84. The van der Waals surface area contributed by atoms with Gasteiger partial charge in [0.15, 0.2) is 0 Å². The van der Waals surface area contributed by atoms with E-state index in [1.54, 1.807) is 7.11 Å². The van der Waals surface area contributed by atoms with Gasteiger partial charge in [0, 0.05) is 13.7 Å². The number of rotatable bonds is 4. The fraction of sp³-hybridized carbons (Fsp3) is 0.455. The van der Waals surface area contributed by atoms with Gasteiger partial charge in [-0.3, -0.25) is 0 Å². The average molecular weight is 248 g/mol. The van der Waals surface area contributed by atoms with Crippen molar-refractivity contribution in [1.82, 2.24) is 0 Å². The molecule has 0 bridgehead atoms. The molecule has 0 fully saturated rings. The third-order valence-corrected chi connectivity index (χ3v) is 2.36. The molecule has 6 heteroatoms. The highest BCUT2D eigenvalue weighted by molar-refractivity contribution is 5.67. The molecule has 1 unspecified atom stereocenters. The Hall–Kier alpha value is -1.43. The number of ether oxygens (including phenoxy) is 1. The molecule has 0 spiro atoms. The van der Waals surface area contributed by atoms with Gasteiger partial charge in [0.2, 0.25) is 0 Å². The first-order valence-corrected chi connectivity index (χ1v) is 5.08. The van der Waals surface area contributed by atoms with Crippen LogP contribution in [-0.2, 0) is 10.9 Å². The maximum absolute atomic E-state index is 12.4. The maximum Gasteiger partial charge on any atom is 0.416 e. The number of halogens is 3. The number of hydrogen-bond donors (Lipinski definition) is 2. The minimum absolute atomic E-state index is 0.0447. The molecule has 1 aromatic rings. The molecule has 0 saturated heterocycles. The Balaban J connectivity index is 2.77. The Kier molecular flexibility index (Phi) is 4.22. The summed E-state index contributed by atoms with van der Waals surface area (Å²) in [6, 6.07) is 3.23. The molecule has 96 valence electrons. The summed E-state index contributed by atoms with van der Waals surface area (Å²) in [5, 5.41) is 2.92. The van der Waals surface area contributed by atoms with E-state index in [4.69, 9.17) is 10.5 Å². The lowest BCUT2D eigenvalue weighted by Gasteiger charge is -2.15. The summed E-state index contributed by atoms with van der Waals surface area (Å²) in [6.45, 7) is 2.32. The van der Waals surface area contributed by atoms with Crippen molar-refractivity contribution in [2.24, 2.45) is 0 Å². The largest absolute Gasteiger partial charge is 0.416 e. The van der Waals surface area contributed by atoms with Crippen molar-refractivity contribution >= 4 is 11.4 Å². The quantitative estimate of drug-likeness (QED) is 0.805. The van der Waals surface area contributed by atoms with Crippen LogP contribution in [0.3, 0.4) is 0 Å². The molecule has 0 amide bonds. The molecule has 0 aliphatic carbocycles. The molecular weight excluding hydrogens is 233 g/mol. The highest BCUT2D eigenvalue weighted by atomic mass is 19.4. The van der Waals surface area contributed by atoms with Gasteiger partial charge in [0.1, 0.15) is 0 Å². The van der Waals surface area contributed by atoms with E-state index in [2.05, 4.69) is 5.32 Å². The van der Waals surface area contributed by atoms with Gasteiger partial charge in [-0.15, -0.1) is 0 Å².